The fraction of sp³-hybridized carbons (Fsp3) is 0.280. The van der Waals surface area contributed by atoms with Gasteiger partial charge in [0.2, 0.25) is 0 Å². The molecule has 0 heterocycles. The number of aryl methyl sites for hydroxylation is 1. The highest BCUT2D eigenvalue weighted by Gasteiger charge is 2.29. The Labute approximate surface area is 210 Å². The minimum absolute atomic E-state index is 0.166. The first-order valence-electron chi connectivity index (χ1n) is 10.7. The summed E-state index contributed by atoms with van der Waals surface area (Å²) in [6.45, 7) is -0.0947. The Morgan fingerprint density at radius 3 is 2.44 bits per heavy atom. The molecule has 1 unspecified atom stereocenters. The number of ether oxygens (including phenoxy) is 1. The lowest BCUT2D eigenvalue weighted by Crippen LogP contribution is -2.47. The van der Waals surface area contributed by atoms with Gasteiger partial charge < -0.3 is 15.6 Å². The molecule has 0 amide bonds. The molecule has 0 fully saturated rings. The third-order valence-electron chi connectivity index (χ3n) is 4.95. The van der Waals surface area contributed by atoms with Gasteiger partial charge in [-0.25, -0.2) is 4.18 Å². The van der Waals surface area contributed by atoms with E-state index in [0.29, 0.717) is 24.5 Å². The summed E-state index contributed by atoms with van der Waals surface area (Å²) in [7, 11) is -3.78. The summed E-state index contributed by atoms with van der Waals surface area (Å²) in [6.07, 6.45) is 2.14. The average molecular weight is 522 g/mol. The van der Waals surface area contributed by atoms with E-state index in [1.165, 1.54) is 0 Å². The van der Waals surface area contributed by atoms with Crippen LogP contribution in [-0.4, -0.2) is 32.1 Å². The molecular weight excluding hydrogens is 494 g/mol. The topological polar surface area (TPSA) is 98.9 Å². The summed E-state index contributed by atoms with van der Waals surface area (Å²) < 4.78 is 33.5. The molecule has 9 heteroatoms. The van der Waals surface area contributed by atoms with Crippen molar-refractivity contribution in [3.63, 3.8) is 0 Å². The molecule has 182 valence electrons. The first-order valence-corrected chi connectivity index (χ1v) is 13.7. The molecule has 1 atom stereocenters. The average Bonchev–Trinajstić information content (AvgIpc) is 2.79. The number of hydrogen-bond acceptors (Lipinski definition) is 7. The largest absolute Gasteiger partial charge is 0.489 e. The molecule has 0 aliphatic rings. The summed E-state index contributed by atoms with van der Waals surface area (Å²) in [5, 5.41) is 10.0. The highest BCUT2D eigenvalue weighted by molar-refractivity contribution is 7.99. The lowest BCUT2D eigenvalue weighted by Gasteiger charge is -2.25. The highest BCUT2D eigenvalue weighted by Crippen LogP contribution is 2.33. The monoisotopic (exact) mass is 521 g/mol. The van der Waals surface area contributed by atoms with Gasteiger partial charge in [0, 0.05) is 14.8 Å². The Balaban J connectivity index is 1.57. The number of benzene rings is 3. The SMILES string of the molecule is CS(=O)(=O)OC(N)(CO)CCCc1ccc(Sc2cccc(OCc3ccccc3)c2)cc1Cl. The van der Waals surface area contributed by atoms with E-state index >= 15 is 0 Å². The van der Waals surface area contributed by atoms with E-state index in [1.807, 2.05) is 72.8 Å². The van der Waals surface area contributed by atoms with Crippen molar-refractivity contribution in [1.82, 2.24) is 0 Å². The van der Waals surface area contributed by atoms with Crippen LogP contribution in [0.15, 0.2) is 82.6 Å². The van der Waals surface area contributed by atoms with Gasteiger partial charge in [-0.3, -0.25) is 0 Å². The Bertz CT molecular complexity index is 1190. The van der Waals surface area contributed by atoms with Gasteiger partial charge in [-0.15, -0.1) is 0 Å². The molecule has 0 aliphatic carbocycles. The predicted octanol–water partition coefficient (Wildman–Crippen LogP) is 5.02. The lowest BCUT2D eigenvalue weighted by atomic mass is 10.0. The zero-order valence-electron chi connectivity index (χ0n) is 18.8. The van der Waals surface area contributed by atoms with Gasteiger partial charge in [0.25, 0.3) is 10.1 Å². The van der Waals surface area contributed by atoms with Crippen molar-refractivity contribution >= 4 is 33.5 Å². The Morgan fingerprint density at radius 1 is 1.03 bits per heavy atom. The van der Waals surface area contributed by atoms with E-state index in [2.05, 4.69) is 0 Å². The van der Waals surface area contributed by atoms with Crippen LogP contribution in [0.25, 0.3) is 0 Å². The first-order chi connectivity index (χ1) is 16.2. The van der Waals surface area contributed by atoms with Crippen molar-refractivity contribution in [2.24, 2.45) is 5.73 Å². The number of hydrogen-bond donors (Lipinski definition) is 2. The van der Waals surface area contributed by atoms with Gasteiger partial charge in [0.15, 0.2) is 5.72 Å². The van der Waals surface area contributed by atoms with E-state index in [-0.39, 0.29) is 6.42 Å². The van der Waals surface area contributed by atoms with E-state index in [0.717, 1.165) is 32.9 Å². The number of rotatable bonds is 12. The summed E-state index contributed by atoms with van der Waals surface area (Å²) in [5.74, 6) is 0.794. The van der Waals surface area contributed by atoms with Crippen molar-refractivity contribution < 1.29 is 22.4 Å². The predicted molar refractivity (Wildman–Crippen MR) is 136 cm³/mol. The quantitative estimate of drug-likeness (QED) is 0.255. The molecule has 3 aromatic rings. The van der Waals surface area contributed by atoms with E-state index in [4.69, 9.17) is 26.3 Å². The maximum atomic E-state index is 11.4. The van der Waals surface area contributed by atoms with Crippen LogP contribution in [0, 0.1) is 0 Å². The Hall–Kier alpha value is -2.07. The second-order valence-corrected chi connectivity index (χ2v) is 11.1. The van der Waals surface area contributed by atoms with Crippen LogP contribution in [0.2, 0.25) is 5.02 Å². The van der Waals surface area contributed by atoms with Crippen LogP contribution in [0.5, 0.6) is 5.75 Å². The van der Waals surface area contributed by atoms with E-state index in [9.17, 15) is 13.5 Å². The van der Waals surface area contributed by atoms with Gasteiger partial charge in [-0.2, -0.15) is 8.42 Å². The van der Waals surface area contributed by atoms with E-state index in [1.54, 1.807) is 11.8 Å². The van der Waals surface area contributed by atoms with Crippen LogP contribution in [-0.2, 0) is 27.3 Å². The van der Waals surface area contributed by atoms with Crippen molar-refractivity contribution in [3.8, 4) is 5.75 Å². The minimum Gasteiger partial charge on any atom is -0.489 e. The molecular formula is C25H28ClNO5S2. The van der Waals surface area contributed by atoms with Crippen molar-refractivity contribution in [3.05, 3.63) is 88.9 Å². The molecule has 0 radical (unpaired) electrons. The highest BCUT2D eigenvalue weighted by atomic mass is 35.5. The zero-order valence-corrected chi connectivity index (χ0v) is 21.2. The molecule has 6 nitrogen and oxygen atoms in total. The Morgan fingerprint density at radius 2 is 1.76 bits per heavy atom. The molecule has 0 saturated heterocycles. The minimum atomic E-state index is -3.78. The van der Waals surface area contributed by atoms with Crippen LogP contribution in [0.1, 0.15) is 24.0 Å². The molecule has 3 rings (SSSR count). The van der Waals surface area contributed by atoms with Crippen molar-refractivity contribution in [2.75, 3.05) is 12.9 Å². The van der Waals surface area contributed by atoms with Gasteiger partial charge in [0.05, 0.1) is 12.9 Å². The molecule has 3 aromatic carbocycles. The van der Waals surface area contributed by atoms with Crippen molar-refractivity contribution in [1.29, 1.82) is 0 Å². The zero-order chi connectivity index (χ0) is 24.6. The van der Waals surface area contributed by atoms with Gasteiger partial charge in [-0.1, -0.05) is 65.8 Å². The summed E-state index contributed by atoms with van der Waals surface area (Å²) in [4.78, 5) is 2.01. The second-order valence-electron chi connectivity index (χ2n) is 7.97. The van der Waals surface area contributed by atoms with Crippen LogP contribution < -0.4 is 10.5 Å². The lowest BCUT2D eigenvalue weighted by molar-refractivity contribution is 0.0122. The number of nitrogens with two attached hydrogens (primary N) is 1. The number of aliphatic hydroxyl groups excluding tert-OH is 1. The van der Waals surface area contributed by atoms with Crippen molar-refractivity contribution in [2.45, 2.75) is 41.4 Å². The molecule has 0 bridgehead atoms. The standard InChI is InChI=1S/C25H28ClNO5S2/c1-34(29,30)32-25(27,18-28)14-6-9-20-12-13-23(16-24(20)26)33-22-11-5-10-21(15-22)31-17-19-7-3-2-4-8-19/h2-5,7-8,10-13,15-16,28H,6,9,14,17-18,27H2,1H3. The molecule has 0 aromatic heterocycles. The first kappa shape index (κ1) is 26.5. The third-order valence-corrected chi connectivity index (χ3v) is 6.91. The normalized spacial score (nSPS) is 13.4. The Kier molecular flexibility index (Phi) is 9.41. The molecule has 3 N–H and O–H groups in total. The molecule has 0 spiro atoms. The molecule has 34 heavy (non-hydrogen) atoms. The fourth-order valence-corrected chi connectivity index (χ4v) is 5.31. The maximum absolute atomic E-state index is 11.4. The summed E-state index contributed by atoms with van der Waals surface area (Å²) in [5.41, 5.74) is 6.25. The number of aliphatic hydroxyl groups is 1. The van der Waals surface area contributed by atoms with Gasteiger partial charge in [-0.05, 0) is 60.7 Å². The molecule has 0 saturated carbocycles. The fourth-order valence-electron chi connectivity index (χ4n) is 3.33. The second kappa shape index (κ2) is 12.1. The third kappa shape index (κ3) is 8.61. The number of halogens is 1. The van der Waals surface area contributed by atoms with E-state index < -0.39 is 22.4 Å². The van der Waals surface area contributed by atoms with Crippen LogP contribution in [0.3, 0.4) is 0 Å². The van der Waals surface area contributed by atoms with Gasteiger partial charge >= 0.3 is 0 Å². The summed E-state index contributed by atoms with van der Waals surface area (Å²) >= 11 is 8.07. The summed E-state index contributed by atoms with van der Waals surface area (Å²) in [6, 6.07) is 23.7. The smallest absolute Gasteiger partial charge is 0.266 e. The van der Waals surface area contributed by atoms with Crippen LogP contribution in [0.4, 0.5) is 0 Å². The molecule has 0 aliphatic heterocycles. The van der Waals surface area contributed by atoms with Gasteiger partial charge in [0.1, 0.15) is 12.4 Å². The maximum Gasteiger partial charge on any atom is 0.266 e. The van der Waals surface area contributed by atoms with Crippen LogP contribution >= 0.6 is 23.4 Å².